The summed E-state index contributed by atoms with van der Waals surface area (Å²) in [5, 5.41) is 2.31. The van der Waals surface area contributed by atoms with Crippen LogP contribution in [0.5, 0.6) is 0 Å². The van der Waals surface area contributed by atoms with E-state index >= 15 is 0 Å². The van der Waals surface area contributed by atoms with Crippen LogP contribution in [-0.4, -0.2) is 19.5 Å². The summed E-state index contributed by atoms with van der Waals surface area (Å²) in [6.07, 6.45) is 0. The first-order chi connectivity index (χ1) is 30.7. The van der Waals surface area contributed by atoms with Crippen molar-refractivity contribution in [1.82, 2.24) is 19.5 Å². The van der Waals surface area contributed by atoms with E-state index in [0.29, 0.717) is 17.6 Å². The fourth-order valence-corrected chi connectivity index (χ4v) is 10.4. The van der Waals surface area contributed by atoms with Gasteiger partial charge in [-0.2, -0.15) is 9.97 Å². The highest BCUT2D eigenvalue weighted by Crippen LogP contribution is 2.63. The van der Waals surface area contributed by atoms with Crippen LogP contribution < -0.4 is 0 Å². The highest BCUT2D eigenvalue weighted by molar-refractivity contribution is 6.12. The van der Waals surface area contributed by atoms with Crippen molar-refractivity contribution >= 4 is 21.8 Å². The average molecular weight is 789 g/mol. The van der Waals surface area contributed by atoms with Crippen molar-refractivity contribution in [2.75, 3.05) is 0 Å². The van der Waals surface area contributed by atoms with Gasteiger partial charge in [-0.3, -0.25) is 4.57 Å². The topological polar surface area (TPSA) is 43.6 Å². The van der Waals surface area contributed by atoms with Crippen molar-refractivity contribution in [2.24, 2.45) is 0 Å². The van der Waals surface area contributed by atoms with Crippen LogP contribution >= 0.6 is 0 Å². The van der Waals surface area contributed by atoms with Gasteiger partial charge in [0.1, 0.15) is 0 Å². The Balaban J connectivity index is 1.08. The number of nitrogens with zero attached hydrogens (tertiary/aromatic N) is 4. The fraction of sp³-hybridized carbons (Fsp3) is 0.0172. The zero-order valence-corrected chi connectivity index (χ0v) is 33.6. The largest absolute Gasteiger partial charge is 0.278 e. The number of hydrogen-bond donors (Lipinski definition) is 0. The molecule has 4 heteroatoms. The number of fused-ring (bicyclic) bond motifs is 13. The lowest BCUT2D eigenvalue weighted by molar-refractivity contribution is 0.794. The third-order valence-electron chi connectivity index (χ3n) is 13.1. The van der Waals surface area contributed by atoms with Crippen LogP contribution in [0.4, 0.5) is 0 Å². The van der Waals surface area contributed by atoms with E-state index in [-0.39, 0.29) is 0 Å². The first kappa shape index (κ1) is 34.6. The lowest BCUT2D eigenvalue weighted by Crippen LogP contribution is -2.25. The summed E-state index contributed by atoms with van der Waals surface area (Å²) < 4.78 is 2.27. The zero-order valence-electron chi connectivity index (χ0n) is 33.6. The van der Waals surface area contributed by atoms with Crippen LogP contribution in [0.15, 0.2) is 218 Å². The van der Waals surface area contributed by atoms with Gasteiger partial charge in [-0.25, -0.2) is 4.98 Å². The Morgan fingerprint density at radius 3 is 1.44 bits per heavy atom. The highest BCUT2D eigenvalue weighted by Gasteiger charge is 2.51. The summed E-state index contributed by atoms with van der Waals surface area (Å²) >= 11 is 0. The Morgan fingerprint density at radius 1 is 0.290 bits per heavy atom. The second-order valence-electron chi connectivity index (χ2n) is 16.3. The molecule has 0 aliphatic heterocycles. The van der Waals surface area contributed by atoms with Crippen LogP contribution in [0.2, 0.25) is 0 Å². The van der Waals surface area contributed by atoms with Crippen molar-refractivity contribution in [3.05, 3.63) is 241 Å². The number of benzene rings is 9. The molecule has 0 radical (unpaired) electrons. The van der Waals surface area contributed by atoms with Crippen molar-refractivity contribution in [1.29, 1.82) is 0 Å². The van der Waals surface area contributed by atoms with Gasteiger partial charge in [-0.05, 0) is 91.0 Å². The number of aromatic nitrogens is 4. The molecule has 1 spiro atoms. The van der Waals surface area contributed by atoms with Crippen molar-refractivity contribution in [3.63, 3.8) is 0 Å². The molecule has 2 heterocycles. The molecule has 0 saturated heterocycles. The second-order valence-corrected chi connectivity index (χ2v) is 16.3. The molecule has 0 atom stereocenters. The van der Waals surface area contributed by atoms with Gasteiger partial charge in [-0.1, -0.05) is 194 Å². The molecule has 2 aliphatic rings. The minimum absolute atomic E-state index is 0.484. The molecule has 9 aromatic carbocycles. The molecule has 0 amide bonds. The maximum absolute atomic E-state index is 5.41. The molecule has 62 heavy (non-hydrogen) atoms. The van der Waals surface area contributed by atoms with Crippen molar-refractivity contribution in [3.8, 4) is 73.2 Å². The van der Waals surface area contributed by atoms with Gasteiger partial charge in [0.15, 0.2) is 11.6 Å². The van der Waals surface area contributed by atoms with Gasteiger partial charge in [-0.15, -0.1) is 0 Å². The molecule has 0 unspecified atom stereocenters. The smallest absolute Gasteiger partial charge is 0.238 e. The monoisotopic (exact) mass is 788 g/mol. The van der Waals surface area contributed by atoms with E-state index in [2.05, 4.69) is 211 Å². The molecule has 11 aromatic rings. The molecular weight excluding hydrogens is 753 g/mol. The van der Waals surface area contributed by atoms with Gasteiger partial charge in [0.2, 0.25) is 5.95 Å². The van der Waals surface area contributed by atoms with Crippen LogP contribution in [0.3, 0.4) is 0 Å². The summed E-state index contributed by atoms with van der Waals surface area (Å²) in [6.45, 7) is 0. The average Bonchev–Trinajstić information content (AvgIpc) is 3.95. The first-order valence-corrected chi connectivity index (χ1v) is 21.2. The number of rotatable bonds is 5. The minimum Gasteiger partial charge on any atom is -0.278 e. The lowest BCUT2D eigenvalue weighted by Gasteiger charge is -2.30. The minimum atomic E-state index is -0.484. The Morgan fingerprint density at radius 2 is 0.774 bits per heavy atom. The van der Waals surface area contributed by atoms with Gasteiger partial charge in [0.25, 0.3) is 0 Å². The van der Waals surface area contributed by atoms with Gasteiger partial charge in [0.05, 0.1) is 16.4 Å². The van der Waals surface area contributed by atoms with Gasteiger partial charge < -0.3 is 0 Å². The molecule has 288 valence electrons. The zero-order chi connectivity index (χ0) is 40.8. The molecule has 0 N–H and O–H groups in total. The summed E-state index contributed by atoms with van der Waals surface area (Å²) in [5.74, 6) is 1.80. The molecule has 0 bridgehead atoms. The normalized spacial score (nSPS) is 13.0. The standard InChI is InChI=1S/C58H36N4/c1-3-16-37(17-4-1)39-30-32-40(33-31-39)55-59-56(42-21-15-20-41(34-42)38-18-5-2-6-19-38)61-57(60-55)62-53-29-14-10-25-46(53)48-35-47-45-24-9-13-28-51(45)58(52(47)36-54(48)62)49-26-11-7-22-43(49)44-23-8-12-27-50(44)58/h1-36H. The maximum Gasteiger partial charge on any atom is 0.238 e. The molecule has 2 aliphatic carbocycles. The van der Waals surface area contributed by atoms with E-state index in [4.69, 9.17) is 15.0 Å². The number of hydrogen-bond acceptors (Lipinski definition) is 3. The van der Waals surface area contributed by atoms with Crippen LogP contribution in [0.25, 0.3) is 95.0 Å². The SMILES string of the molecule is c1ccc(-c2ccc(-c3nc(-c4cccc(-c5ccccc5)c4)nc(-n4c5ccccc5c5cc6c(cc54)C4(c5ccccc5-c5ccccc54)c4ccccc4-6)n3)cc2)cc1. The van der Waals surface area contributed by atoms with Crippen molar-refractivity contribution in [2.45, 2.75) is 5.41 Å². The third-order valence-corrected chi connectivity index (χ3v) is 13.1. The number of para-hydroxylation sites is 1. The van der Waals surface area contributed by atoms with E-state index < -0.39 is 5.41 Å². The van der Waals surface area contributed by atoms with Crippen LogP contribution in [0, 0.1) is 0 Å². The Kier molecular flexibility index (Phi) is 7.49. The lowest BCUT2D eigenvalue weighted by atomic mass is 9.70. The molecule has 0 fully saturated rings. The predicted octanol–water partition coefficient (Wildman–Crippen LogP) is 14.0. The van der Waals surface area contributed by atoms with Crippen molar-refractivity contribution < 1.29 is 0 Å². The van der Waals surface area contributed by atoms with Gasteiger partial charge in [0, 0.05) is 21.9 Å². The Hall–Kier alpha value is -8.21. The van der Waals surface area contributed by atoms with E-state index in [1.165, 1.54) is 50.1 Å². The molecule has 13 rings (SSSR count). The Bertz CT molecular complexity index is 3520. The summed E-state index contributed by atoms with van der Waals surface area (Å²) in [5.41, 5.74) is 18.3. The Labute approximate surface area is 359 Å². The fourth-order valence-electron chi connectivity index (χ4n) is 10.4. The summed E-state index contributed by atoms with van der Waals surface area (Å²) in [7, 11) is 0. The third kappa shape index (κ3) is 4.98. The van der Waals surface area contributed by atoms with E-state index in [1.54, 1.807) is 0 Å². The highest BCUT2D eigenvalue weighted by atomic mass is 15.2. The quantitative estimate of drug-likeness (QED) is 0.174. The van der Waals surface area contributed by atoms with Crippen LogP contribution in [0.1, 0.15) is 22.3 Å². The van der Waals surface area contributed by atoms with E-state index in [1.807, 2.05) is 12.1 Å². The van der Waals surface area contributed by atoms with Crippen LogP contribution in [-0.2, 0) is 5.41 Å². The molecule has 0 saturated carbocycles. The van der Waals surface area contributed by atoms with E-state index in [9.17, 15) is 0 Å². The molecular formula is C58H36N4. The molecule has 4 nitrogen and oxygen atoms in total. The first-order valence-electron chi connectivity index (χ1n) is 21.2. The maximum atomic E-state index is 5.41. The van der Waals surface area contributed by atoms with E-state index in [0.717, 1.165) is 49.6 Å². The molecule has 2 aromatic heterocycles. The summed E-state index contributed by atoms with van der Waals surface area (Å²) in [6, 6.07) is 78.5. The van der Waals surface area contributed by atoms with Gasteiger partial charge >= 0.3 is 0 Å². The summed E-state index contributed by atoms with van der Waals surface area (Å²) in [4.78, 5) is 16.0. The predicted molar refractivity (Wildman–Crippen MR) is 252 cm³/mol. The second kappa shape index (κ2) is 13.4.